The van der Waals surface area contributed by atoms with Crippen molar-refractivity contribution in [1.82, 2.24) is 0 Å². The predicted octanol–water partition coefficient (Wildman–Crippen LogP) is 3.27. The summed E-state index contributed by atoms with van der Waals surface area (Å²) in [6, 6.07) is 11.3. The van der Waals surface area contributed by atoms with Gasteiger partial charge in [0.25, 0.3) is 0 Å². The molecule has 2 aromatic rings. The van der Waals surface area contributed by atoms with E-state index >= 15 is 0 Å². The Bertz CT molecular complexity index is 822. The minimum Gasteiger partial charge on any atom is -0.495 e. The topological polar surface area (TPSA) is 96.5 Å². The Hall–Kier alpha value is -3.06. The molecule has 0 radical (unpaired) electrons. The molecular formula is C18H18ClN3O4. The van der Waals surface area contributed by atoms with Crippen LogP contribution in [0.15, 0.2) is 42.5 Å². The van der Waals surface area contributed by atoms with Crippen LogP contribution in [0.2, 0.25) is 5.02 Å². The van der Waals surface area contributed by atoms with Gasteiger partial charge in [-0.3, -0.25) is 14.4 Å². The van der Waals surface area contributed by atoms with Gasteiger partial charge in [0.05, 0.1) is 12.1 Å². The van der Waals surface area contributed by atoms with Gasteiger partial charge >= 0.3 is 0 Å². The number of ether oxygens (including phenoxy) is 1. The fraction of sp³-hybridized carbons (Fsp3) is 0.167. The molecule has 8 heteroatoms. The fourth-order valence-electron chi connectivity index (χ4n) is 2.14. The van der Waals surface area contributed by atoms with Crippen LogP contribution in [-0.4, -0.2) is 24.8 Å². The molecule has 0 spiro atoms. The second-order valence-electron chi connectivity index (χ2n) is 5.38. The second kappa shape index (κ2) is 8.87. The average Bonchev–Trinajstić information content (AvgIpc) is 2.56. The number of carbonyl (C=O) groups excluding carboxylic acids is 3. The maximum atomic E-state index is 12.0. The lowest BCUT2D eigenvalue weighted by Gasteiger charge is -2.09. The van der Waals surface area contributed by atoms with Crippen LogP contribution in [0, 0.1) is 0 Å². The molecule has 0 saturated heterocycles. The maximum absolute atomic E-state index is 12.0. The maximum Gasteiger partial charge on any atom is 0.233 e. The van der Waals surface area contributed by atoms with E-state index in [4.69, 9.17) is 16.3 Å². The summed E-state index contributed by atoms with van der Waals surface area (Å²) in [7, 11) is 1.49. The van der Waals surface area contributed by atoms with E-state index < -0.39 is 11.8 Å². The van der Waals surface area contributed by atoms with Gasteiger partial charge in [0, 0.05) is 24.0 Å². The number of hydrogen-bond acceptors (Lipinski definition) is 4. The van der Waals surface area contributed by atoms with Crippen molar-refractivity contribution < 1.29 is 19.1 Å². The van der Waals surface area contributed by atoms with E-state index in [-0.39, 0.29) is 12.3 Å². The molecule has 0 aliphatic rings. The zero-order chi connectivity index (χ0) is 19.1. The van der Waals surface area contributed by atoms with Crippen LogP contribution < -0.4 is 20.7 Å². The summed E-state index contributed by atoms with van der Waals surface area (Å²) < 4.78 is 5.03. The van der Waals surface area contributed by atoms with E-state index in [0.717, 1.165) is 0 Å². The Morgan fingerprint density at radius 3 is 1.88 bits per heavy atom. The molecule has 0 saturated carbocycles. The van der Waals surface area contributed by atoms with E-state index in [2.05, 4.69) is 16.0 Å². The summed E-state index contributed by atoms with van der Waals surface area (Å²) >= 11 is 5.99. The summed E-state index contributed by atoms with van der Waals surface area (Å²) in [5, 5.41) is 8.18. The molecule has 26 heavy (non-hydrogen) atoms. The number of hydrogen-bond donors (Lipinski definition) is 3. The largest absolute Gasteiger partial charge is 0.495 e. The third-order valence-electron chi connectivity index (χ3n) is 3.25. The van der Waals surface area contributed by atoms with E-state index in [0.29, 0.717) is 27.8 Å². The number of carbonyl (C=O) groups is 3. The lowest BCUT2D eigenvalue weighted by atomic mass is 10.2. The first kappa shape index (κ1) is 19.3. The minimum absolute atomic E-state index is 0.183. The monoisotopic (exact) mass is 375 g/mol. The smallest absolute Gasteiger partial charge is 0.233 e. The Balaban J connectivity index is 1.87. The van der Waals surface area contributed by atoms with Crippen LogP contribution >= 0.6 is 11.6 Å². The first-order chi connectivity index (χ1) is 12.4. The molecule has 2 aromatic carbocycles. The molecule has 0 aliphatic carbocycles. The molecule has 3 N–H and O–H groups in total. The summed E-state index contributed by atoms with van der Waals surface area (Å²) in [5.74, 6) is -0.629. The van der Waals surface area contributed by atoms with Crippen LogP contribution in [0.5, 0.6) is 5.75 Å². The SMILES string of the molecule is COc1ccc(NC(=O)CC(=O)Nc2ccc(NC(C)=O)cc2)cc1Cl. The highest BCUT2D eigenvalue weighted by atomic mass is 35.5. The van der Waals surface area contributed by atoms with Crippen LogP contribution in [0.4, 0.5) is 17.1 Å². The molecule has 0 heterocycles. The third kappa shape index (κ3) is 5.78. The van der Waals surface area contributed by atoms with Crippen LogP contribution in [0.3, 0.4) is 0 Å². The summed E-state index contributed by atoms with van der Waals surface area (Å²) in [6.45, 7) is 1.41. The van der Waals surface area contributed by atoms with Crippen molar-refractivity contribution in [1.29, 1.82) is 0 Å². The minimum atomic E-state index is -0.474. The average molecular weight is 376 g/mol. The number of anilines is 3. The number of methoxy groups -OCH3 is 1. The third-order valence-corrected chi connectivity index (χ3v) is 3.54. The van der Waals surface area contributed by atoms with Crippen LogP contribution in [-0.2, 0) is 14.4 Å². The normalized spacial score (nSPS) is 9.96. The number of amides is 3. The van der Waals surface area contributed by atoms with Gasteiger partial charge in [-0.25, -0.2) is 0 Å². The molecule has 0 bridgehead atoms. The highest BCUT2D eigenvalue weighted by Crippen LogP contribution is 2.27. The van der Waals surface area contributed by atoms with Gasteiger partial charge in [0.1, 0.15) is 12.2 Å². The molecule has 0 atom stereocenters. The van der Waals surface area contributed by atoms with Crippen molar-refractivity contribution in [3.8, 4) is 5.75 Å². The molecule has 2 rings (SSSR count). The van der Waals surface area contributed by atoms with E-state index in [1.165, 1.54) is 20.1 Å². The van der Waals surface area contributed by atoms with Crippen molar-refractivity contribution in [2.24, 2.45) is 0 Å². The number of nitrogens with one attached hydrogen (secondary N) is 3. The zero-order valence-corrected chi connectivity index (χ0v) is 15.0. The van der Waals surface area contributed by atoms with Crippen molar-refractivity contribution in [2.75, 3.05) is 23.1 Å². The summed E-state index contributed by atoms with van der Waals surface area (Å²) in [5.41, 5.74) is 1.60. The standard InChI is InChI=1S/C18H18ClN3O4/c1-11(23)20-12-3-5-13(6-4-12)21-17(24)10-18(25)22-14-7-8-16(26-2)15(19)9-14/h3-9H,10H2,1-2H3,(H,20,23)(H,21,24)(H,22,25). The Morgan fingerprint density at radius 1 is 0.885 bits per heavy atom. The van der Waals surface area contributed by atoms with Gasteiger partial charge in [-0.2, -0.15) is 0 Å². The van der Waals surface area contributed by atoms with E-state index in [1.807, 2.05) is 0 Å². The number of halogens is 1. The Labute approximate surface area is 155 Å². The first-order valence-electron chi connectivity index (χ1n) is 7.68. The summed E-state index contributed by atoms with van der Waals surface area (Å²) in [4.78, 5) is 34.9. The Kier molecular flexibility index (Phi) is 6.57. The second-order valence-corrected chi connectivity index (χ2v) is 5.79. The Morgan fingerprint density at radius 2 is 1.38 bits per heavy atom. The highest BCUT2D eigenvalue weighted by molar-refractivity contribution is 6.32. The molecular weight excluding hydrogens is 358 g/mol. The molecule has 7 nitrogen and oxygen atoms in total. The van der Waals surface area contributed by atoms with Crippen LogP contribution in [0.1, 0.15) is 13.3 Å². The highest BCUT2D eigenvalue weighted by Gasteiger charge is 2.11. The number of rotatable bonds is 6. The van der Waals surface area contributed by atoms with Crippen LogP contribution in [0.25, 0.3) is 0 Å². The van der Waals surface area contributed by atoms with E-state index in [9.17, 15) is 14.4 Å². The summed E-state index contributed by atoms with van der Waals surface area (Å²) in [6.07, 6.45) is -0.350. The first-order valence-corrected chi connectivity index (χ1v) is 8.06. The lowest BCUT2D eigenvalue weighted by molar-refractivity contribution is -0.123. The molecule has 0 unspecified atom stereocenters. The van der Waals surface area contributed by atoms with Gasteiger partial charge in [-0.1, -0.05) is 11.6 Å². The molecule has 0 aromatic heterocycles. The van der Waals surface area contributed by atoms with E-state index in [1.54, 1.807) is 36.4 Å². The van der Waals surface area contributed by atoms with Crippen molar-refractivity contribution in [3.05, 3.63) is 47.5 Å². The molecule has 136 valence electrons. The predicted molar refractivity (Wildman–Crippen MR) is 101 cm³/mol. The molecule has 0 aliphatic heterocycles. The van der Waals surface area contributed by atoms with Crippen molar-refractivity contribution in [3.63, 3.8) is 0 Å². The van der Waals surface area contributed by atoms with Gasteiger partial charge < -0.3 is 20.7 Å². The molecule has 0 fully saturated rings. The quantitative estimate of drug-likeness (QED) is 0.675. The molecule has 3 amide bonds. The van der Waals surface area contributed by atoms with Crippen molar-refractivity contribution >= 4 is 46.4 Å². The number of benzene rings is 2. The van der Waals surface area contributed by atoms with Gasteiger partial charge in [0.15, 0.2) is 0 Å². The fourth-order valence-corrected chi connectivity index (χ4v) is 2.40. The lowest BCUT2D eigenvalue weighted by Crippen LogP contribution is -2.21. The van der Waals surface area contributed by atoms with Crippen molar-refractivity contribution in [2.45, 2.75) is 13.3 Å². The zero-order valence-electron chi connectivity index (χ0n) is 14.3. The van der Waals surface area contributed by atoms with Gasteiger partial charge in [-0.15, -0.1) is 0 Å². The van der Waals surface area contributed by atoms with Gasteiger partial charge in [-0.05, 0) is 42.5 Å². The van der Waals surface area contributed by atoms with Gasteiger partial charge in [0.2, 0.25) is 17.7 Å².